The van der Waals surface area contributed by atoms with Crippen molar-refractivity contribution in [1.82, 2.24) is 24.9 Å². The van der Waals surface area contributed by atoms with Crippen LogP contribution in [0.4, 0.5) is 5.95 Å². The lowest BCUT2D eigenvalue weighted by atomic mass is 9.97. The van der Waals surface area contributed by atoms with Gasteiger partial charge in [0, 0.05) is 18.5 Å². The van der Waals surface area contributed by atoms with Crippen LogP contribution in [0, 0.1) is 0 Å². The summed E-state index contributed by atoms with van der Waals surface area (Å²) in [5.41, 5.74) is 5.02. The van der Waals surface area contributed by atoms with Crippen LogP contribution in [0.5, 0.6) is 0 Å². The van der Waals surface area contributed by atoms with E-state index in [1.54, 1.807) is 11.0 Å². The van der Waals surface area contributed by atoms with Crippen molar-refractivity contribution in [1.29, 1.82) is 0 Å². The topological polar surface area (TPSA) is 116 Å². The Hall–Kier alpha value is -2.45. The second kappa shape index (κ2) is 5.64. The van der Waals surface area contributed by atoms with Gasteiger partial charge in [-0.3, -0.25) is 4.79 Å². The summed E-state index contributed by atoms with van der Waals surface area (Å²) < 4.78 is 7.05. The molecule has 23 heavy (non-hydrogen) atoms. The summed E-state index contributed by atoms with van der Waals surface area (Å²) in [4.78, 5) is 21.6. The van der Waals surface area contributed by atoms with Crippen LogP contribution in [0.3, 0.4) is 0 Å². The first kappa shape index (κ1) is 15.4. The Kier molecular flexibility index (Phi) is 3.78. The lowest BCUT2D eigenvalue weighted by Crippen LogP contribution is -2.37. The third-order valence-electron chi connectivity index (χ3n) is 3.84. The highest BCUT2D eigenvalue weighted by Crippen LogP contribution is 2.26. The summed E-state index contributed by atoms with van der Waals surface area (Å²) in [6.45, 7) is 7.64. The van der Waals surface area contributed by atoms with E-state index >= 15 is 0 Å². The van der Waals surface area contributed by atoms with Gasteiger partial charge in [-0.25, -0.2) is 9.67 Å². The van der Waals surface area contributed by atoms with Gasteiger partial charge in [-0.15, -0.1) is 5.10 Å². The summed E-state index contributed by atoms with van der Waals surface area (Å²) in [7, 11) is 0. The van der Waals surface area contributed by atoms with Gasteiger partial charge in [-0.05, 0) is 18.0 Å². The molecule has 1 atom stereocenters. The highest BCUT2D eigenvalue weighted by Gasteiger charge is 2.28. The molecule has 124 valence electrons. The lowest BCUT2D eigenvalue weighted by molar-refractivity contribution is 0.0990. The maximum absolute atomic E-state index is 11.1. The van der Waals surface area contributed by atoms with Gasteiger partial charge in [0.2, 0.25) is 11.7 Å². The van der Waals surface area contributed by atoms with E-state index < -0.39 is 5.91 Å². The molecule has 9 nitrogen and oxygen atoms in total. The van der Waals surface area contributed by atoms with Gasteiger partial charge >= 0.3 is 0 Å². The number of anilines is 1. The Labute approximate surface area is 133 Å². The van der Waals surface area contributed by atoms with Crippen molar-refractivity contribution in [2.75, 3.05) is 18.0 Å². The van der Waals surface area contributed by atoms with Crippen LogP contribution >= 0.6 is 0 Å². The molecule has 2 N–H and O–H groups in total. The number of nitrogens with zero attached hydrogens (tertiary/aromatic N) is 6. The molecule has 9 heteroatoms. The maximum Gasteiger partial charge on any atom is 0.288 e. The van der Waals surface area contributed by atoms with Gasteiger partial charge in [0.1, 0.15) is 6.33 Å². The molecule has 0 spiro atoms. The molecule has 1 fully saturated rings. The minimum atomic E-state index is -0.621. The molecule has 1 aliphatic heterocycles. The fourth-order valence-corrected chi connectivity index (χ4v) is 2.56. The smallest absolute Gasteiger partial charge is 0.288 e. The first-order valence-electron chi connectivity index (χ1n) is 7.64. The van der Waals surface area contributed by atoms with E-state index in [1.807, 2.05) is 20.8 Å². The molecule has 0 aliphatic carbocycles. The van der Waals surface area contributed by atoms with Gasteiger partial charge in [0.15, 0.2) is 0 Å². The van der Waals surface area contributed by atoms with Crippen molar-refractivity contribution in [2.45, 2.75) is 45.1 Å². The molecular formula is C14H21N7O2. The molecule has 0 aromatic carbocycles. The maximum atomic E-state index is 11.1. The highest BCUT2D eigenvalue weighted by atomic mass is 16.5. The summed E-state index contributed by atoms with van der Waals surface area (Å²) >= 11 is 0. The number of aromatic nitrogens is 5. The number of rotatable bonds is 3. The first-order valence-corrected chi connectivity index (χ1v) is 7.64. The van der Waals surface area contributed by atoms with Gasteiger partial charge < -0.3 is 15.2 Å². The molecule has 0 radical (unpaired) electrons. The van der Waals surface area contributed by atoms with Crippen molar-refractivity contribution >= 4 is 11.9 Å². The van der Waals surface area contributed by atoms with E-state index in [0.29, 0.717) is 18.4 Å². The predicted octanol–water partition coefficient (Wildman–Crippen LogP) is 0.899. The molecule has 2 aromatic heterocycles. The van der Waals surface area contributed by atoms with Crippen molar-refractivity contribution in [3.8, 4) is 0 Å². The quantitative estimate of drug-likeness (QED) is 0.893. The van der Waals surface area contributed by atoms with Crippen LogP contribution in [0.2, 0.25) is 0 Å². The van der Waals surface area contributed by atoms with Crippen molar-refractivity contribution < 1.29 is 9.32 Å². The van der Waals surface area contributed by atoms with Crippen molar-refractivity contribution in [3.05, 3.63) is 18.0 Å². The van der Waals surface area contributed by atoms with Crippen LogP contribution in [0.25, 0.3) is 0 Å². The summed E-state index contributed by atoms with van der Waals surface area (Å²) in [6, 6.07) is 0.0981. The van der Waals surface area contributed by atoms with E-state index in [2.05, 4.69) is 25.1 Å². The Balaban J connectivity index is 1.75. The van der Waals surface area contributed by atoms with Crippen LogP contribution in [-0.4, -0.2) is 43.9 Å². The Morgan fingerprint density at radius 1 is 1.43 bits per heavy atom. The van der Waals surface area contributed by atoms with E-state index in [1.165, 1.54) is 0 Å². The molecule has 2 aromatic rings. The van der Waals surface area contributed by atoms with Gasteiger partial charge in [-0.2, -0.15) is 4.98 Å². The van der Waals surface area contributed by atoms with Gasteiger partial charge in [0.05, 0.1) is 6.04 Å². The average Bonchev–Trinajstić information content (AvgIpc) is 3.16. The van der Waals surface area contributed by atoms with E-state index in [9.17, 15) is 4.79 Å². The number of amides is 1. The Bertz CT molecular complexity index is 700. The molecule has 3 rings (SSSR count). The normalized spacial score (nSPS) is 19.1. The number of nitrogens with two attached hydrogens (primary N) is 1. The predicted molar refractivity (Wildman–Crippen MR) is 82.0 cm³/mol. The third-order valence-corrected chi connectivity index (χ3v) is 3.84. The average molecular weight is 319 g/mol. The number of piperidine rings is 1. The fourth-order valence-electron chi connectivity index (χ4n) is 2.56. The summed E-state index contributed by atoms with van der Waals surface area (Å²) in [6.07, 6.45) is 3.46. The molecule has 1 unspecified atom stereocenters. The standard InChI is InChI=1S/C14H21N7O2/c1-14(2,3)12-17-13(19-23-12)20-6-4-5-9(7-20)21-8-16-11(18-21)10(15)22/h8-9H,4-7H2,1-3H3,(H2,15,22). The van der Waals surface area contributed by atoms with Gasteiger partial charge in [-0.1, -0.05) is 20.8 Å². The Morgan fingerprint density at radius 2 is 2.22 bits per heavy atom. The van der Waals surface area contributed by atoms with E-state index in [4.69, 9.17) is 10.3 Å². The SMILES string of the molecule is CC(C)(C)c1nc(N2CCCC(n3cnc(C(N)=O)n3)C2)no1. The zero-order valence-corrected chi connectivity index (χ0v) is 13.6. The Morgan fingerprint density at radius 3 is 2.83 bits per heavy atom. The molecule has 1 saturated heterocycles. The molecular weight excluding hydrogens is 298 g/mol. The van der Waals surface area contributed by atoms with Crippen molar-refractivity contribution in [3.63, 3.8) is 0 Å². The molecule has 0 saturated carbocycles. The number of carbonyl (C=O) groups excluding carboxylic acids is 1. The van der Waals surface area contributed by atoms with E-state index in [0.717, 1.165) is 19.4 Å². The van der Waals surface area contributed by atoms with Crippen molar-refractivity contribution in [2.24, 2.45) is 5.73 Å². The van der Waals surface area contributed by atoms with Crippen LogP contribution in [0.1, 0.15) is 56.2 Å². The largest absolute Gasteiger partial charge is 0.363 e. The van der Waals surface area contributed by atoms with E-state index in [-0.39, 0.29) is 17.3 Å². The third kappa shape index (κ3) is 3.17. The monoisotopic (exact) mass is 319 g/mol. The second-order valence-corrected chi connectivity index (χ2v) is 6.80. The molecule has 1 aliphatic rings. The minimum absolute atomic E-state index is 0.0386. The highest BCUT2D eigenvalue weighted by molar-refractivity contribution is 5.88. The minimum Gasteiger partial charge on any atom is -0.363 e. The number of primary amides is 1. The van der Waals surface area contributed by atoms with Crippen LogP contribution in [0.15, 0.2) is 10.9 Å². The number of hydrogen-bond acceptors (Lipinski definition) is 7. The zero-order chi connectivity index (χ0) is 16.6. The first-order chi connectivity index (χ1) is 10.8. The summed E-state index contributed by atoms with van der Waals surface area (Å²) in [5.74, 6) is 0.627. The van der Waals surface area contributed by atoms with Gasteiger partial charge in [0.25, 0.3) is 11.9 Å². The zero-order valence-electron chi connectivity index (χ0n) is 13.6. The molecule has 0 bridgehead atoms. The molecule has 1 amide bonds. The second-order valence-electron chi connectivity index (χ2n) is 6.80. The van der Waals surface area contributed by atoms with Crippen LogP contribution < -0.4 is 10.6 Å². The summed E-state index contributed by atoms with van der Waals surface area (Å²) in [5, 5.41) is 8.23. The molecule has 3 heterocycles. The number of carbonyl (C=O) groups is 1. The number of hydrogen-bond donors (Lipinski definition) is 1. The fraction of sp³-hybridized carbons (Fsp3) is 0.643. The lowest BCUT2D eigenvalue weighted by Gasteiger charge is -2.31. The van der Waals surface area contributed by atoms with Crippen LogP contribution in [-0.2, 0) is 5.41 Å².